The molecule has 1 amide bonds. The van der Waals surface area contributed by atoms with Crippen molar-refractivity contribution >= 4 is 29.2 Å². The molecule has 0 saturated heterocycles. The van der Waals surface area contributed by atoms with E-state index in [2.05, 4.69) is 0 Å². The fourth-order valence-electron chi connectivity index (χ4n) is 2.61. The Morgan fingerprint density at radius 3 is 2.33 bits per heavy atom. The highest BCUT2D eigenvalue weighted by molar-refractivity contribution is 5.99. The number of halogens is 3. The van der Waals surface area contributed by atoms with Crippen molar-refractivity contribution in [2.45, 2.75) is 31.5 Å². The standard InChI is InChI=1S/C14H17N3O6.C2HF3O2/c1-23-11-4-3-10(17(21)22)13-8(11)6-7-16(13)12(18)5-2-9(15)14(19)20;3-2(4,5)1(6)7/h3-4,9H,2,5-7,15H2,1H3,(H,19,20);(H,6,7)/t9-;/m0./s1. The van der Waals surface area contributed by atoms with E-state index in [1.165, 1.54) is 24.1 Å². The average molecular weight is 437 g/mol. The molecule has 1 atom stereocenters. The second-order valence-electron chi connectivity index (χ2n) is 5.95. The van der Waals surface area contributed by atoms with Crippen molar-refractivity contribution < 1.29 is 47.4 Å². The summed E-state index contributed by atoms with van der Waals surface area (Å²) in [4.78, 5) is 43.9. The van der Waals surface area contributed by atoms with Crippen LogP contribution in [0.15, 0.2) is 12.1 Å². The van der Waals surface area contributed by atoms with Crippen molar-refractivity contribution in [2.75, 3.05) is 18.6 Å². The van der Waals surface area contributed by atoms with Crippen molar-refractivity contribution in [3.05, 3.63) is 27.8 Å². The number of amides is 1. The van der Waals surface area contributed by atoms with Crippen LogP contribution in [0.1, 0.15) is 18.4 Å². The molecule has 1 aliphatic heterocycles. The number of anilines is 1. The van der Waals surface area contributed by atoms with E-state index in [0.29, 0.717) is 17.7 Å². The van der Waals surface area contributed by atoms with Crippen molar-refractivity contribution in [3.8, 4) is 5.75 Å². The van der Waals surface area contributed by atoms with Crippen molar-refractivity contribution in [2.24, 2.45) is 5.73 Å². The highest BCUT2D eigenvalue weighted by Crippen LogP contribution is 2.42. The molecule has 166 valence electrons. The average Bonchev–Trinajstić information content (AvgIpc) is 3.09. The summed E-state index contributed by atoms with van der Waals surface area (Å²) in [6.07, 6.45) is -4.77. The molecule has 4 N–H and O–H groups in total. The first-order valence-corrected chi connectivity index (χ1v) is 8.24. The zero-order chi connectivity index (χ0) is 23.2. The lowest BCUT2D eigenvalue weighted by molar-refractivity contribution is -0.384. The van der Waals surface area contributed by atoms with Crippen LogP contribution in [-0.4, -0.2) is 58.9 Å². The van der Waals surface area contributed by atoms with Gasteiger partial charge in [0.2, 0.25) is 5.91 Å². The van der Waals surface area contributed by atoms with E-state index in [4.69, 9.17) is 25.5 Å². The highest BCUT2D eigenvalue weighted by Gasteiger charge is 2.38. The molecule has 1 aromatic rings. The Hall–Kier alpha value is -3.42. The van der Waals surface area contributed by atoms with Crippen molar-refractivity contribution in [1.82, 2.24) is 0 Å². The molecule has 11 nitrogen and oxygen atoms in total. The van der Waals surface area contributed by atoms with Crippen LogP contribution in [0, 0.1) is 10.1 Å². The van der Waals surface area contributed by atoms with Crippen LogP contribution in [0.25, 0.3) is 0 Å². The zero-order valence-corrected chi connectivity index (χ0v) is 15.5. The van der Waals surface area contributed by atoms with E-state index in [0.717, 1.165) is 0 Å². The summed E-state index contributed by atoms with van der Waals surface area (Å²) in [5.74, 6) is -3.85. The Bertz CT molecular complexity index is 844. The number of carboxylic acid groups (broad SMARTS) is 2. The lowest BCUT2D eigenvalue weighted by atomic mass is 10.1. The van der Waals surface area contributed by atoms with Crippen LogP contribution in [0.2, 0.25) is 0 Å². The number of alkyl halides is 3. The maximum Gasteiger partial charge on any atom is 0.490 e. The van der Waals surface area contributed by atoms with Gasteiger partial charge in [-0.1, -0.05) is 0 Å². The number of carboxylic acids is 2. The molecule has 0 aromatic heterocycles. The van der Waals surface area contributed by atoms with E-state index in [1.54, 1.807) is 0 Å². The minimum absolute atomic E-state index is 0.0300. The Morgan fingerprint density at radius 2 is 1.90 bits per heavy atom. The number of hydrogen-bond donors (Lipinski definition) is 3. The van der Waals surface area contributed by atoms with E-state index in [-0.39, 0.29) is 30.8 Å². The molecule has 0 fully saturated rings. The monoisotopic (exact) mass is 437 g/mol. The molecule has 1 heterocycles. The Kier molecular flexibility index (Phi) is 8.10. The molecular weight excluding hydrogens is 419 g/mol. The predicted molar refractivity (Wildman–Crippen MR) is 94.2 cm³/mol. The molecule has 30 heavy (non-hydrogen) atoms. The maximum atomic E-state index is 12.3. The number of benzene rings is 1. The van der Waals surface area contributed by atoms with Gasteiger partial charge in [0.15, 0.2) is 0 Å². The number of aliphatic carboxylic acids is 2. The van der Waals surface area contributed by atoms with Crippen LogP contribution in [-0.2, 0) is 20.8 Å². The number of methoxy groups -OCH3 is 1. The number of rotatable bonds is 6. The molecular formula is C16H18F3N3O8. The van der Waals surface area contributed by atoms with Gasteiger partial charge in [-0.2, -0.15) is 13.2 Å². The molecule has 0 spiro atoms. The van der Waals surface area contributed by atoms with E-state index in [9.17, 15) is 32.9 Å². The maximum absolute atomic E-state index is 12.3. The third-order valence-electron chi connectivity index (χ3n) is 4.02. The van der Waals surface area contributed by atoms with E-state index >= 15 is 0 Å². The smallest absolute Gasteiger partial charge is 0.490 e. The minimum atomic E-state index is -5.08. The van der Waals surface area contributed by atoms with Crippen LogP contribution >= 0.6 is 0 Å². The van der Waals surface area contributed by atoms with Gasteiger partial charge in [-0.25, -0.2) is 4.79 Å². The third-order valence-corrected chi connectivity index (χ3v) is 4.02. The number of fused-ring (bicyclic) bond motifs is 1. The number of nitrogens with zero attached hydrogens (tertiary/aromatic N) is 2. The van der Waals surface area contributed by atoms with Gasteiger partial charge in [0.1, 0.15) is 17.5 Å². The Labute approximate surface area is 167 Å². The molecule has 0 bridgehead atoms. The Balaban J connectivity index is 0.000000553. The number of hydrogen-bond acceptors (Lipinski definition) is 7. The van der Waals surface area contributed by atoms with Crippen LogP contribution in [0.4, 0.5) is 24.5 Å². The van der Waals surface area contributed by atoms with Crippen molar-refractivity contribution in [3.63, 3.8) is 0 Å². The number of ether oxygens (including phenoxy) is 1. The summed E-state index contributed by atoms with van der Waals surface area (Å²) in [5, 5.41) is 27.1. The molecule has 14 heteroatoms. The van der Waals surface area contributed by atoms with Gasteiger partial charge in [-0.15, -0.1) is 0 Å². The minimum Gasteiger partial charge on any atom is -0.496 e. The topological polar surface area (TPSA) is 173 Å². The van der Waals surface area contributed by atoms with Crippen LogP contribution < -0.4 is 15.4 Å². The van der Waals surface area contributed by atoms with Gasteiger partial charge in [0, 0.05) is 24.6 Å². The number of nitro groups is 1. The first-order valence-electron chi connectivity index (χ1n) is 8.24. The largest absolute Gasteiger partial charge is 0.496 e. The summed E-state index contributed by atoms with van der Waals surface area (Å²) in [6, 6.07) is 1.67. The summed E-state index contributed by atoms with van der Waals surface area (Å²) in [6.45, 7) is 0.289. The number of nitrogens with two attached hydrogens (primary N) is 1. The third kappa shape index (κ3) is 6.04. The predicted octanol–water partition coefficient (Wildman–Crippen LogP) is 1.32. The van der Waals surface area contributed by atoms with Gasteiger partial charge in [0.05, 0.1) is 12.0 Å². The van der Waals surface area contributed by atoms with Gasteiger partial charge >= 0.3 is 18.1 Å². The molecule has 1 aliphatic rings. The zero-order valence-electron chi connectivity index (χ0n) is 15.5. The lowest BCUT2D eigenvalue weighted by Gasteiger charge is -2.18. The van der Waals surface area contributed by atoms with Gasteiger partial charge < -0.3 is 25.6 Å². The van der Waals surface area contributed by atoms with E-state index in [1.807, 2.05) is 0 Å². The SMILES string of the molecule is COc1ccc([N+](=O)[O-])c2c1CCN2C(=O)CC[C@H](N)C(=O)O.O=C(O)C(F)(F)F. The Morgan fingerprint density at radius 1 is 1.33 bits per heavy atom. The molecule has 0 unspecified atom stereocenters. The molecule has 2 rings (SSSR count). The normalized spacial score (nSPS) is 13.6. The van der Waals surface area contributed by atoms with Crippen LogP contribution in [0.5, 0.6) is 5.75 Å². The van der Waals surface area contributed by atoms with E-state index < -0.39 is 35.0 Å². The lowest BCUT2D eigenvalue weighted by Crippen LogP contribution is -2.34. The van der Waals surface area contributed by atoms with Gasteiger partial charge in [-0.3, -0.25) is 19.7 Å². The summed E-state index contributed by atoms with van der Waals surface area (Å²) in [5.41, 5.74) is 6.05. The van der Waals surface area contributed by atoms with Crippen LogP contribution in [0.3, 0.4) is 0 Å². The second-order valence-corrected chi connectivity index (χ2v) is 5.95. The molecule has 0 radical (unpaired) electrons. The first kappa shape index (κ1) is 24.6. The number of carbonyl (C=O) groups is 3. The first-order chi connectivity index (χ1) is 13.8. The van der Waals surface area contributed by atoms with Crippen molar-refractivity contribution in [1.29, 1.82) is 0 Å². The van der Waals surface area contributed by atoms with Gasteiger partial charge in [0.25, 0.3) is 5.69 Å². The highest BCUT2D eigenvalue weighted by atomic mass is 19.4. The second kappa shape index (κ2) is 9.87. The fraction of sp³-hybridized carbons (Fsp3) is 0.438. The molecule has 0 aliphatic carbocycles. The number of nitro benzene ring substituents is 1. The quantitative estimate of drug-likeness (QED) is 0.438. The summed E-state index contributed by atoms with van der Waals surface area (Å²) >= 11 is 0. The summed E-state index contributed by atoms with van der Waals surface area (Å²) in [7, 11) is 1.46. The summed E-state index contributed by atoms with van der Waals surface area (Å²) < 4.78 is 36.9. The van der Waals surface area contributed by atoms with Gasteiger partial charge in [-0.05, 0) is 18.9 Å². The number of carbonyl (C=O) groups excluding carboxylic acids is 1. The fourth-order valence-corrected chi connectivity index (χ4v) is 2.61. The molecule has 1 aromatic carbocycles. The molecule has 0 saturated carbocycles.